The molecule has 0 amide bonds. The van der Waals surface area contributed by atoms with Crippen LogP contribution in [0.2, 0.25) is 8.86 Å². The van der Waals surface area contributed by atoms with Crippen LogP contribution in [0.1, 0.15) is 0 Å². The molecule has 0 rings (SSSR count). The van der Waals surface area contributed by atoms with E-state index in [1.54, 1.807) is 0 Å². The van der Waals surface area contributed by atoms with E-state index >= 15 is 0 Å². The fourth-order valence-corrected chi connectivity index (χ4v) is 0. The maximum atomic E-state index is 8.52. The van der Waals surface area contributed by atoms with E-state index in [1.807, 2.05) is 0 Å². The van der Waals surface area contributed by atoms with Crippen LogP contribution in [0.25, 0.3) is 0 Å². The van der Waals surface area contributed by atoms with Crippen molar-refractivity contribution >= 4 is 10.4 Å². The van der Waals surface area contributed by atoms with E-state index in [9.17, 15) is 0 Å². The summed E-state index contributed by atoms with van der Waals surface area (Å²) in [6.07, 6.45) is 0. The summed E-state index contributed by atoms with van der Waals surface area (Å²) in [5, 5.41) is 0. The van der Waals surface area contributed by atoms with Gasteiger partial charge in [-0.2, -0.15) is 0 Å². The Morgan fingerprint density at radius 3 is 1.00 bits per heavy atom. The van der Waals surface area contributed by atoms with Crippen LogP contribution in [-0.2, 0) is 62.6 Å². The van der Waals surface area contributed by atoms with Crippen molar-refractivity contribution in [2.75, 3.05) is 0 Å². The van der Waals surface area contributed by atoms with Gasteiger partial charge in [0, 0.05) is 10.4 Å². The Kier molecular flexibility index (Phi) is 23.5. The van der Waals surface area contributed by atoms with Crippen molar-refractivity contribution in [1.82, 2.24) is 0 Å². The van der Waals surface area contributed by atoms with Gasteiger partial charge < -0.3 is 9.11 Å². The Hall–Kier alpha value is 1.74. The zero-order chi connectivity index (χ0) is 8.50. The molecular formula is C2H6Hg2O4S. The van der Waals surface area contributed by atoms with E-state index in [1.165, 1.54) is 0 Å². The Morgan fingerprint density at radius 1 is 1.00 bits per heavy atom. The van der Waals surface area contributed by atoms with Crippen LogP contribution in [0.15, 0.2) is 0 Å². The standard InChI is InChI=1S/2CH3.2Hg.H2O4S/c;;;;1-5(2,3)4/h2*1H3;;;(H2,1,2,3,4)/q;;2*+1;/p-2. The van der Waals surface area contributed by atoms with Crippen LogP contribution in [0, 0.1) is 0 Å². The summed E-state index contributed by atoms with van der Waals surface area (Å²) in [5.74, 6) is 0. The fraction of sp³-hybridized carbons (Fsp3) is 1.00. The van der Waals surface area contributed by atoms with Crippen LogP contribution in [0.5, 0.6) is 0 Å². The molecule has 4 nitrogen and oxygen atoms in total. The van der Waals surface area contributed by atoms with Gasteiger partial charge in [-0.3, -0.25) is 8.42 Å². The molecule has 0 aliphatic heterocycles. The molecule has 0 unspecified atom stereocenters. The average molecular weight is 527 g/mol. The van der Waals surface area contributed by atoms with Crippen LogP contribution in [0.4, 0.5) is 0 Å². The van der Waals surface area contributed by atoms with Gasteiger partial charge in [0.05, 0.1) is 0 Å². The van der Waals surface area contributed by atoms with E-state index in [4.69, 9.17) is 17.5 Å². The molecule has 0 bridgehead atoms. The molecular weight excluding hydrogens is 521 g/mol. The molecule has 0 spiro atoms. The van der Waals surface area contributed by atoms with Gasteiger partial charge in [-0.05, 0) is 0 Å². The first kappa shape index (κ1) is 17.0. The number of hydrogen-bond donors (Lipinski definition) is 0. The van der Waals surface area contributed by atoms with Gasteiger partial charge in [-0.15, -0.1) is 0 Å². The first-order valence-electron chi connectivity index (χ1n) is 2.08. The molecule has 0 atom stereocenters. The SMILES string of the molecule is O=S(=O)([O-])[O-].[CH3][Hg+].[CH3][Hg+]. The van der Waals surface area contributed by atoms with E-state index in [0.29, 0.717) is 0 Å². The van der Waals surface area contributed by atoms with Gasteiger partial charge in [0.25, 0.3) is 0 Å². The van der Waals surface area contributed by atoms with Gasteiger partial charge in [0.1, 0.15) is 0 Å². The summed E-state index contributed by atoms with van der Waals surface area (Å²) in [4.78, 5) is 0. The van der Waals surface area contributed by atoms with Gasteiger partial charge in [-0.1, -0.05) is 0 Å². The zero-order valence-electron chi connectivity index (χ0n) is 5.46. The van der Waals surface area contributed by atoms with E-state index in [-0.39, 0.29) is 0 Å². The summed E-state index contributed by atoms with van der Waals surface area (Å²) >= 11 is 2.06. The minimum atomic E-state index is -5.17. The van der Waals surface area contributed by atoms with Gasteiger partial charge in [0.2, 0.25) is 0 Å². The predicted octanol–water partition coefficient (Wildman–Crippen LogP) is -0.175. The Morgan fingerprint density at radius 2 is 1.00 bits per heavy atom. The van der Waals surface area contributed by atoms with Crippen molar-refractivity contribution in [3.63, 3.8) is 0 Å². The van der Waals surface area contributed by atoms with Crippen LogP contribution in [0.3, 0.4) is 0 Å². The molecule has 9 heavy (non-hydrogen) atoms. The van der Waals surface area contributed by atoms with Crippen molar-refractivity contribution < 1.29 is 69.8 Å². The van der Waals surface area contributed by atoms with Gasteiger partial charge >= 0.3 is 61.1 Å². The van der Waals surface area contributed by atoms with Crippen LogP contribution < -0.4 is 0 Å². The molecule has 0 fully saturated rings. The first-order chi connectivity index (χ1) is 4.00. The van der Waals surface area contributed by atoms with E-state index in [0.717, 1.165) is 52.2 Å². The molecule has 0 saturated carbocycles. The summed E-state index contributed by atoms with van der Waals surface area (Å²) in [5.41, 5.74) is 0. The molecule has 48 valence electrons. The van der Waals surface area contributed by atoms with Gasteiger partial charge in [-0.25, -0.2) is 0 Å². The number of hydrogen-bond acceptors (Lipinski definition) is 4. The Balaban J connectivity index is -0.0000000771. The summed E-state index contributed by atoms with van der Waals surface area (Å²) < 4.78 is 38.5. The maximum absolute atomic E-state index is 8.52. The second kappa shape index (κ2) is 12.4. The molecule has 0 aromatic carbocycles. The van der Waals surface area contributed by atoms with Crippen LogP contribution in [-0.4, -0.2) is 17.5 Å². The topological polar surface area (TPSA) is 80.3 Å². The van der Waals surface area contributed by atoms with E-state index < -0.39 is 10.4 Å². The van der Waals surface area contributed by atoms with Crippen molar-refractivity contribution in [3.8, 4) is 0 Å². The summed E-state index contributed by atoms with van der Waals surface area (Å²) in [7, 11) is -5.17. The van der Waals surface area contributed by atoms with E-state index in [2.05, 4.69) is 8.86 Å². The van der Waals surface area contributed by atoms with Crippen molar-refractivity contribution in [3.05, 3.63) is 0 Å². The third-order valence-electron chi connectivity index (χ3n) is 0. The number of rotatable bonds is 0. The normalized spacial score (nSPS) is 8.00. The molecule has 0 radical (unpaired) electrons. The van der Waals surface area contributed by atoms with Crippen molar-refractivity contribution in [1.29, 1.82) is 0 Å². The molecule has 0 N–H and O–H groups in total. The Bertz CT molecular complexity index is 99.7. The zero-order valence-corrected chi connectivity index (χ0v) is 17.3. The average Bonchev–Trinajstić information content (AvgIpc) is 1.72. The summed E-state index contributed by atoms with van der Waals surface area (Å²) in [6, 6.07) is 0. The fourth-order valence-electron chi connectivity index (χ4n) is 0. The molecule has 0 saturated heterocycles. The van der Waals surface area contributed by atoms with Crippen molar-refractivity contribution in [2.45, 2.75) is 8.86 Å². The molecule has 0 aliphatic carbocycles. The third-order valence-corrected chi connectivity index (χ3v) is 0. The molecule has 0 aromatic heterocycles. The van der Waals surface area contributed by atoms with Crippen molar-refractivity contribution in [2.24, 2.45) is 0 Å². The Labute approximate surface area is 87.9 Å². The molecule has 7 heteroatoms. The molecule has 0 aliphatic rings. The van der Waals surface area contributed by atoms with Gasteiger partial charge in [0.15, 0.2) is 0 Å². The van der Waals surface area contributed by atoms with Crippen LogP contribution >= 0.6 is 0 Å². The summed E-state index contributed by atoms with van der Waals surface area (Å²) in [6.45, 7) is 0. The second-order valence-electron chi connectivity index (χ2n) is 0.408. The minimum absolute atomic E-state index is 1.03. The molecule has 0 heterocycles. The first-order valence-corrected chi connectivity index (χ1v) is 14.4. The predicted molar refractivity (Wildman–Crippen MR) is 22.2 cm³/mol. The molecule has 0 aromatic rings. The second-order valence-corrected chi connectivity index (χ2v) is 1.22. The third kappa shape index (κ3) is 193. The quantitative estimate of drug-likeness (QED) is 0.249. The monoisotopic (exact) mass is 530 g/mol.